The summed E-state index contributed by atoms with van der Waals surface area (Å²) in [7, 11) is 0. The minimum atomic E-state index is -0.387. The molecule has 2 unspecified atom stereocenters. The maximum atomic E-state index is 12.6. The Morgan fingerprint density at radius 2 is 1.95 bits per heavy atom. The van der Waals surface area contributed by atoms with Crippen molar-refractivity contribution in [1.82, 2.24) is 5.32 Å². The van der Waals surface area contributed by atoms with Crippen LogP contribution in [-0.2, 0) is 9.53 Å². The van der Waals surface area contributed by atoms with Crippen molar-refractivity contribution in [3.05, 3.63) is 0 Å². The van der Waals surface area contributed by atoms with Crippen molar-refractivity contribution in [2.24, 2.45) is 16.6 Å². The zero-order valence-electron chi connectivity index (χ0n) is 13.6. The van der Waals surface area contributed by atoms with Crippen LogP contribution in [0.25, 0.3) is 0 Å². The zero-order chi connectivity index (χ0) is 14.8. The summed E-state index contributed by atoms with van der Waals surface area (Å²) >= 11 is 0. The van der Waals surface area contributed by atoms with E-state index in [9.17, 15) is 4.79 Å². The zero-order valence-corrected chi connectivity index (χ0v) is 14.4. The van der Waals surface area contributed by atoms with Crippen LogP contribution < -0.4 is 11.1 Å². The second-order valence-corrected chi connectivity index (χ2v) is 6.48. The Morgan fingerprint density at radius 1 is 1.33 bits per heavy atom. The van der Waals surface area contributed by atoms with E-state index in [1.807, 2.05) is 6.92 Å². The number of rotatable bonds is 7. The van der Waals surface area contributed by atoms with Crippen molar-refractivity contribution in [1.29, 1.82) is 0 Å². The third kappa shape index (κ3) is 2.95. The quantitative estimate of drug-likeness (QED) is 0.758. The molecule has 2 aliphatic rings. The van der Waals surface area contributed by atoms with Gasteiger partial charge in [0.15, 0.2) is 0 Å². The minimum Gasteiger partial charge on any atom is -0.378 e. The molecule has 1 spiro atoms. The smallest absolute Gasteiger partial charge is 0.227 e. The Labute approximate surface area is 135 Å². The highest BCUT2D eigenvalue weighted by molar-refractivity contribution is 5.85. The number of halogens is 1. The van der Waals surface area contributed by atoms with Crippen LogP contribution in [0, 0.1) is 10.8 Å². The molecule has 0 aliphatic heterocycles. The Kier molecular flexibility index (Phi) is 6.51. The molecule has 2 saturated carbocycles. The largest absolute Gasteiger partial charge is 0.378 e. The summed E-state index contributed by atoms with van der Waals surface area (Å²) in [6.07, 6.45) is 6.57. The van der Waals surface area contributed by atoms with Crippen molar-refractivity contribution >= 4 is 18.3 Å². The van der Waals surface area contributed by atoms with Crippen molar-refractivity contribution in [3.63, 3.8) is 0 Å². The molecule has 21 heavy (non-hydrogen) atoms. The van der Waals surface area contributed by atoms with Crippen LogP contribution in [0.4, 0.5) is 0 Å². The summed E-state index contributed by atoms with van der Waals surface area (Å²) in [6, 6.07) is 0.296. The van der Waals surface area contributed by atoms with E-state index in [0.717, 1.165) is 25.9 Å². The topological polar surface area (TPSA) is 64.3 Å². The fraction of sp³-hybridized carbons (Fsp3) is 0.938. The van der Waals surface area contributed by atoms with Gasteiger partial charge in [-0.1, -0.05) is 20.3 Å². The average Bonchev–Trinajstić information content (AvgIpc) is 2.38. The van der Waals surface area contributed by atoms with Gasteiger partial charge in [0.25, 0.3) is 0 Å². The van der Waals surface area contributed by atoms with Gasteiger partial charge in [-0.05, 0) is 39.0 Å². The lowest BCUT2D eigenvalue weighted by Crippen LogP contribution is -2.69. The maximum absolute atomic E-state index is 12.6. The molecule has 124 valence electrons. The van der Waals surface area contributed by atoms with Crippen molar-refractivity contribution in [2.45, 2.75) is 71.4 Å². The predicted octanol–water partition coefficient (Wildman–Crippen LogP) is 2.64. The average molecular weight is 319 g/mol. The van der Waals surface area contributed by atoms with Gasteiger partial charge in [-0.25, -0.2) is 0 Å². The summed E-state index contributed by atoms with van der Waals surface area (Å²) in [6.45, 7) is 7.35. The molecule has 0 aromatic carbocycles. The van der Waals surface area contributed by atoms with Crippen LogP contribution in [0.1, 0.15) is 59.3 Å². The van der Waals surface area contributed by atoms with Gasteiger partial charge >= 0.3 is 0 Å². The van der Waals surface area contributed by atoms with Crippen molar-refractivity contribution < 1.29 is 9.53 Å². The molecule has 0 radical (unpaired) electrons. The van der Waals surface area contributed by atoms with E-state index in [-0.39, 0.29) is 29.1 Å². The molecule has 3 N–H and O–H groups in total. The summed E-state index contributed by atoms with van der Waals surface area (Å²) in [5.41, 5.74) is 5.71. The molecule has 0 saturated heterocycles. The first-order valence-electron chi connectivity index (χ1n) is 8.21. The van der Waals surface area contributed by atoms with Gasteiger partial charge < -0.3 is 15.8 Å². The molecular weight excluding hydrogens is 288 g/mol. The maximum Gasteiger partial charge on any atom is 0.227 e. The number of nitrogens with two attached hydrogens (primary N) is 1. The minimum absolute atomic E-state index is 0. The molecule has 2 atom stereocenters. The fourth-order valence-corrected chi connectivity index (χ4v) is 3.90. The van der Waals surface area contributed by atoms with Gasteiger partial charge in [0.2, 0.25) is 5.91 Å². The summed E-state index contributed by atoms with van der Waals surface area (Å²) < 4.78 is 5.84. The lowest BCUT2D eigenvalue weighted by Gasteiger charge is -2.61. The molecule has 0 aromatic heterocycles. The van der Waals surface area contributed by atoms with E-state index >= 15 is 0 Å². The number of hydrogen-bond acceptors (Lipinski definition) is 3. The lowest BCUT2D eigenvalue weighted by molar-refractivity contribution is -0.178. The van der Waals surface area contributed by atoms with Crippen LogP contribution in [0.3, 0.4) is 0 Å². The molecule has 1 amide bonds. The molecule has 0 aromatic rings. The van der Waals surface area contributed by atoms with E-state index in [0.29, 0.717) is 18.7 Å². The predicted molar refractivity (Wildman–Crippen MR) is 87.6 cm³/mol. The second kappa shape index (κ2) is 7.30. The molecule has 2 aliphatic carbocycles. The van der Waals surface area contributed by atoms with E-state index in [1.54, 1.807) is 0 Å². The van der Waals surface area contributed by atoms with Gasteiger partial charge in [0.1, 0.15) is 0 Å². The SMILES string of the molecule is CCOC1CC(NC(=O)C(CC)(CC)CN)C12CCC2.Cl. The van der Waals surface area contributed by atoms with Gasteiger partial charge in [-0.3, -0.25) is 4.79 Å². The van der Waals surface area contributed by atoms with Crippen molar-refractivity contribution in [3.8, 4) is 0 Å². The van der Waals surface area contributed by atoms with Crippen LogP contribution in [-0.4, -0.2) is 31.2 Å². The Morgan fingerprint density at radius 3 is 2.33 bits per heavy atom. The summed E-state index contributed by atoms with van der Waals surface area (Å²) in [5.74, 6) is 0.149. The monoisotopic (exact) mass is 318 g/mol. The molecule has 5 heteroatoms. The first-order valence-corrected chi connectivity index (χ1v) is 8.21. The van der Waals surface area contributed by atoms with E-state index in [4.69, 9.17) is 10.5 Å². The third-order valence-corrected chi connectivity index (χ3v) is 5.97. The highest BCUT2D eigenvalue weighted by Gasteiger charge is 2.59. The summed E-state index contributed by atoms with van der Waals surface area (Å²) in [4.78, 5) is 12.6. The van der Waals surface area contributed by atoms with Crippen LogP contribution >= 0.6 is 12.4 Å². The number of amides is 1. The van der Waals surface area contributed by atoms with Crippen LogP contribution in [0.15, 0.2) is 0 Å². The van der Waals surface area contributed by atoms with E-state index in [1.165, 1.54) is 19.3 Å². The van der Waals surface area contributed by atoms with E-state index < -0.39 is 0 Å². The number of hydrogen-bond donors (Lipinski definition) is 2. The highest BCUT2D eigenvalue weighted by atomic mass is 35.5. The Hall–Kier alpha value is -0.320. The second-order valence-electron chi connectivity index (χ2n) is 6.48. The summed E-state index contributed by atoms with van der Waals surface area (Å²) in [5, 5.41) is 3.29. The van der Waals surface area contributed by atoms with Crippen LogP contribution in [0.2, 0.25) is 0 Å². The molecular formula is C16H31ClN2O2. The lowest BCUT2D eigenvalue weighted by atomic mass is 9.51. The van der Waals surface area contributed by atoms with Gasteiger partial charge in [0.05, 0.1) is 11.5 Å². The molecule has 2 fully saturated rings. The molecule has 0 heterocycles. The fourth-order valence-electron chi connectivity index (χ4n) is 3.90. The van der Waals surface area contributed by atoms with E-state index in [2.05, 4.69) is 19.2 Å². The first-order chi connectivity index (χ1) is 9.58. The Balaban J connectivity index is 0.00000220. The molecule has 0 bridgehead atoms. The standard InChI is InChI=1S/C16H30N2O2.ClH/c1-4-15(5-2,11-17)14(19)18-12-10-13(20-6-3)16(12)8-7-9-16;/h12-13H,4-11,17H2,1-3H3,(H,18,19);1H. The Bertz CT molecular complexity index is 346. The normalized spacial score (nSPS) is 26.5. The van der Waals surface area contributed by atoms with Gasteiger partial charge in [0, 0.05) is 24.6 Å². The van der Waals surface area contributed by atoms with Crippen LogP contribution in [0.5, 0.6) is 0 Å². The highest BCUT2D eigenvalue weighted by Crippen LogP contribution is 2.57. The number of carbonyl (C=O) groups excluding carboxylic acids is 1. The number of ether oxygens (including phenoxy) is 1. The number of nitrogens with one attached hydrogen (secondary N) is 1. The van der Waals surface area contributed by atoms with Gasteiger partial charge in [-0.15, -0.1) is 12.4 Å². The van der Waals surface area contributed by atoms with Gasteiger partial charge in [-0.2, -0.15) is 0 Å². The number of carbonyl (C=O) groups is 1. The van der Waals surface area contributed by atoms with Crippen molar-refractivity contribution in [2.75, 3.05) is 13.2 Å². The third-order valence-electron chi connectivity index (χ3n) is 5.97. The molecule has 2 rings (SSSR count). The molecule has 4 nitrogen and oxygen atoms in total. The first kappa shape index (κ1) is 18.7.